The summed E-state index contributed by atoms with van der Waals surface area (Å²) in [5.41, 5.74) is 0.815. The number of benzene rings is 1. The average Bonchev–Trinajstić information content (AvgIpc) is 3.14. The normalized spacial score (nSPS) is 14.7. The molecule has 6 heteroatoms. The number of carbonyl (C=O) groups excluding carboxylic acids is 2. The number of hydrogen-bond donors (Lipinski definition) is 0. The van der Waals surface area contributed by atoms with Crippen LogP contribution < -0.4 is 0 Å². The Bertz CT molecular complexity index is 707. The first kappa shape index (κ1) is 16.2. The number of carbonyl (C=O) groups is 2. The Morgan fingerprint density at radius 2 is 1.79 bits per heavy atom. The summed E-state index contributed by atoms with van der Waals surface area (Å²) in [6.07, 6.45) is 2.33. The molecular formula is C18H19FN2O3. The number of aryl methyl sites for hydroxylation is 1. The summed E-state index contributed by atoms with van der Waals surface area (Å²) < 4.78 is 18.3. The van der Waals surface area contributed by atoms with Crippen LogP contribution in [0.1, 0.15) is 22.5 Å². The summed E-state index contributed by atoms with van der Waals surface area (Å²) in [6.45, 7) is 2.00. The number of furan rings is 1. The highest BCUT2D eigenvalue weighted by Crippen LogP contribution is 2.12. The highest BCUT2D eigenvalue weighted by Gasteiger charge is 2.25. The lowest BCUT2D eigenvalue weighted by Crippen LogP contribution is -2.50. The third-order valence-electron chi connectivity index (χ3n) is 4.17. The molecule has 0 bridgehead atoms. The molecule has 1 fully saturated rings. The number of rotatable bonds is 4. The first-order valence-corrected chi connectivity index (χ1v) is 7.98. The molecule has 0 unspecified atom stereocenters. The summed E-state index contributed by atoms with van der Waals surface area (Å²) in [6, 6.07) is 9.62. The fourth-order valence-electron chi connectivity index (χ4n) is 2.82. The molecule has 1 saturated heterocycles. The Balaban J connectivity index is 1.47. The number of nitrogens with zero attached hydrogens (tertiary/aromatic N) is 2. The van der Waals surface area contributed by atoms with Gasteiger partial charge in [0.2, 0.25) is 5.91 Å². The third kappa shape index (κ3) is 3.82. The zero-order valence-electron chi connectivity index (χ0n) is 13.3. The van der Waals surface area contributed by atoms with Gasteiger partial charge in [0.1, 0.15) is 5.82 Å². The standard InChI is InChI=1S/C18H19FN2O3/c19-15-4-1-3-14(13-15)6-7-17(22)20-8-10-21(11-9-20)18(23)16-5-2-12-24-16/h1-5,12-13H,6-11H2. The molecule has 0 radical (unpaired) electrons. The maximum atomic E-state index is 13.1. The summed E-state index contributed by atoms with van der Waals surface area (Å²) >= 11 is 0. The Morgan fingerprint density at radius 3 is 2.46 bits per heavy atom. The van der Waals surface area contributed by atoms with Gasteiger partial charge in [-0.2, -0.15) is 0 Å². The predicted molar refractivity (Wildman–Crippen MR) is 85.9 cm³/mol. The molecule has 1 aliphatic rings. The van der Waals surface area contributed by atoms with Crippen LogP contribution in [0.5, 0.6) is 0 Å². The molecule has 0 spiro atoms. The van der Waals surface area contributed by atoms with Gasteiger partial charge < -0.3 is 14.2 Å². The second-order valence-corrected chi connectivity index (χ2v) is 5.78. The first-order valence-electron chi connectivity index (χ1n) is 7.98. The molecule has 0 saturated carbocycles. The topological polar surface area (TPSA) is 53.8 Å². The van der Waals surface area contributed by atoms with Crippen molar-refractivity contribution in [3.63, 3.8) is 0 Å². The summed E-state index contributed by atoms with van der Waals surface area (Å²) in [4.78, 5) is 27.9. The molecule has 0 N–H and O–H groups in total. The van der Waals surface area contributed by atoms with E-state index in [0.717, 1.165) is 5.56 Å². The molecule has 1 aromatic heterocycles. The Morgan fingerprint density at radius 1 is 1.04 bits per heavy atom. The first-order chi connectivity index (χ1) is 11.6. The smallest absolute Gasteiger partial charge is 0.289 e. The Labute approximate surface area is 139 Å². The van der Waals surface area contributed by atoms with Crippen LogP contribution in [0.4, 0.5) is 4.39 Å². The van der Waals surface area contributed by atoms with Crippen LogP contribution in [-0.2, 0) is 11.2 Å². The van der Waals surface area contributed by atoms with Crippen molar-refractivity contribution in [1.82, 2.24) is 9.80 Å². The van der Waals surface area contributed by atoms with Crippen molar-refractivity contribution in [2.45, 2.75) is 12.8 Å². The van der Waals surface area contributed by atoms with Crippen molar-refractivity contribution in [3.8, 4) is 0 Å². The van der Waals surface area contributed by atoms with E-state index in [2.05, 4.69) is 0 Å². The largest absolute Gasteiger partial charge is 0.459 e. The summed E-state index contributed by atoms with van der Waals surface area (Å²) in [5.74, 6) is -0.0814. The van der Waals surface area contributed by atoms with Gasteiger partial charge in [-0.1, -0.05) is 12.1 Å². The molecule has 2 amide bonds. The van der Waals surface area contributed by atoms with Crippen LogP contribution in [0.2, 0.25) is 0 Å². The summed E-state index contributed by atoms with van der Waals surface area (Å²) in [7, 11) is 0. The molecule has 1 aliphatic heterocycles. The van der Waals surface area contributed by atoms with E-state index in [1.165, 1.54) is 18.4 Å². The van der Waals surface area contributed by atoms with Gasteiger partial charge >= 0.3 is 0 Å². The van der Waals surface area contributed by atoms with Gasteiger partial charge in [0.05, 0.1) is 6.26 Å². The minimum Gasteiger partial charge on any atom is -0.459 e. The highest BCUT2D eigenvalue weighted by molar-refractivity contribution is 5.91. The minimum absolute atomic E-state index is 0.0318. The number of amides is 2. The van der Waals surface area contributed by atoms with Crippen molar-refractivity contribution in [2.24, 2.45) is 0 Å². The predicted octanol–water partition coefficient (Wildman–Crippen LogP) is 2.34. The van der Waals surface area contributed by atoms with Crippen molar-refractivity contribution >= 4 is 11.8 Å². The average molecular weight is 330 g/mol. The van der Waals surface area contributed by atoms with Crippen LogP contribution in [0.3, 0.4) is 0 Å². The molecule has 3 rings (SSSR count). The Kier molecular flexibility index (Phi) is 4.93. The third-order valence-corrected chi connectivity index (χ3v) is 4.17. The maximum absolute atomic E-state index is 13.1. The van der Waals surface area contributed by atoms with Gasteiger partial charge in [-0.05, 0) is 36.2 Å². The molecule has 126 valence electrons. The quantitative estimate of drug-likeness (QED) is 0.865. The van der Waals surface area contributed by atoms with Gasteiger partial charge in [0.25, 0.3) is 5.91 Å². The van der Waals surface area contributed by atoms with Gasteiger partial charge in [0.15, 0.2) is 5.76 Å². The number of piperazine rings is 1. The molecule has 2 heterocycles. The van der Waals surface area contributed by atoms with E-state index in [9.17, 15) is 14.0 Å². The lowest BCUT2D eigenvalue weighted by Gasteiger charge is -2.34. The van der Waals surface area contributed by atoms with Crippen molar-refractivity contribution in [3.05, 3.63) is 59.8 Å². The van der Waals surface area contributed by atoms with Gasteiger partial charge in [-0.15, -0.1) is 0 Å². The van der Waals surface area contributed by atoms with Crippen LogP contribution in [0, 0.1) is 5.82 Å². The van der Waals surface area contributed by atoms with Crippen LogP contribution in [-0.4, -0.2) is 47.8 Å². The van der Waals surface area contributed by atoms with E-state index in [1.54, 1.807) is 28.0 Å². The molecule has 0 atom stereocenters. The van der Waals surface area contributed by atoms with Crippen LogP contribution in [0.15, 0.2) is 47.1 Å². The highest BCUT2D eigenvalue weighted by atomic mass is 19.1. The second kappa shape index (κ2) is 7.29. The van der Waals surface area contributed by atoms with Crippen molar-refractivity contribution < 1.29 is 18.4 Å². The van der Waals surface area contributed by atoms with E-state index in [0.29, 0.717) is 44.8 Å². The zero-order chi connectivity index (χ0) is 16.9. The number of halogens is 1. The maximum Gasteiger partial charge on any atom is 0.289 e. The molecule has 5 nitrogen and oxygen atoms in total. The van der Waals surface area contributed by atoms with Gasteiger partial charge in [-0.3, -0.25) is 9.59 Å². The monoisotopic (exact) mass is 330 g/mol. The fraction of sp³-hybridized carbons (Fsp3) is 0.333. The molecule has 24 heavy (non-hydrogen) atoms. The molecule has 2 aromatic rings. The Hall–Kier alpha value is -2.63. The van der Waals surface area contributed by atoms with E-state index >= 15 is 0 Å². The van der Waals surface area contributed by atoms with Gasteiger partial charge in [0, 0.05) is 32.6 Å². The van der Waals surface area contributed by atoms with E-state index < -0.39 is 0 Å². The summed E-state index contributed by atoms with van der Waals surface area (Å²) in [5, 5.41) is 0. The van der Waals surface area contributed by atoms with Crippen LogP contribution in [0.25, 0.3) is 0 Å². The van der Waals surface area contributed by atoms with Crippen molar-refractivity contribution in [1.29, 1.82) is 0 Å². The molecular weight excluding hydrogens is 311 g/mol. The SMILES string of the molecule is O=C(CCc1cccc(F)c1)N1CCN(C(=O)c2ccco2)CC1. The van der Waals surface area contributed by atoms with Gasteiger partial charge in [-0.25, -0.2) is 4.39 Å². The molecule has 1 aromatic carbocycles. The minimum atomic E-state index is -0.287. The second-order valence-electron chi connectivity index (χ2n) is 5.78. The molecule has 0 aliphatic carbocycles. The zero-order valence-corrected chi connectivity index (χ0v) is 13.3. The number of hydrogen-bond acceptors (Lipinski definition) is 3. The van der Waals surface area contributed by atoms with Crippen LogP contribution >= 0.6 is 0 Å². The lowest BCUT2D eigenvalue weighted by atomic mass is 10.1. The van der Waals surface area contributed by atoms with E-state index in [4.69, 9.17) is 4.42 Å². The lowest BCUT2D eigenvalue weighted by molar-refractivity contribution is -0.132. The van der Waals surface area contributed by atoms with E-state index in [1.807, 2.05) is 6.07 Å². The van der Waals surface area contributed by atoms with Crippen molar-refractivity contribution in [2.75, 3.05) is 26.2 Å². The fourth-order valence-corrected chi connectivity index (χ4v) is 2.82. The van der Waals surface area contributed by atoms with E-state index in [-0.39, 0.29) is 17.6 Å².